The molecule has 0 fully saturated rings. The lowest BCUT2D eigenvalue weighted by Gasteiger charge is -2.27. The van der Waals surface area contributed by atoms with Gasteiger partial charge in [0.05, 0.1) is 17.4 Å². The van der Waals surface area contributed by atoms with Crippen molar-refractivity contribution in [3.05, 3.63) is 11.4 Å². The summed E-state index contributed by atoms with van der Waals surface area (Å²) in [5, 5.41) is 15.8. The van der Waals surface area contributed by atoms with Crippen molar-refractivity contribution in [2.24, 2.45) is 7.05 Å². The topological polar surface area (TPSA) is 130 Å². The second-order valence-electron chi connectivity index (χ2n) is 6.34. The summed E-state index contributed by atoms with van der Waals surface area (Å²) < 4.78 is 28.9. The molecule has 0 radical (unpaired) electrons. The van der Waals surface area contributed by atoms with E-state index in [9.17, 15) is 23.1 Å². The van der Waals surface area contributed by atoms with Gasteiger partial charge in [0.1, 0.15) is 10.4 Å². The number of aliphatic carboxylic acids is 1. The van der Waals surface area contributed by atoms with Crippen LogP contribution < -0.4 is 10.0 Å². The fourth-order valence-electron chi connectivity index (χ4n) is 2.59. The molecular weight excluding hydrogens is 348 g/mol. The number of sulfonamides is 1. The molecule has 1 rings (SSSR count). The second-order valence-corrected chi connectivity index (χ2v) is 7.99. The standard InChI is InChI=1S/C15H26N4O5S/c1-7-8-15(5,14(21)22)16-13(20)10(3)18-25(23,24)12-9(2)17-19(6)11(12)4/h10,18H,7-8H2,1-6H3,(H,16,20)(H,21,22). The summed E-state index contributed by atoms with van der Waals surface area (Å²) in [6.45, 7) is 7.74. The molecule has 1 heterocycles. The van der Waals surface area contributed by atoms with E-state index in [-0.39, 0.29) is 11.3 Å². The van der Waals surface area contributed by atoms with Crippen LogP contribution in [0, 0.1) is 13.8 Å². The third-order valence-corrected chi connectivity index (χ3v) is 5.85. The van der Waals surface area contributed by atoms with Crippen molar-refractivity contribution in [1.82, 2.24) is 19.8 Å². The summed E-state index contributed by atoms with van der Waals surface area (Å²) in [6, 6.07) is -1.14. The normalized spacial score (nSPS) is 15.4. The number of amides is 1. The maximum Gasteiger partial charge on any atom is 0.329 e. The molecule has 0 saturated carbocycles. The summed E-state index contributed by atoms with van der Waals surface area (Å²) in [4.78, 5) is 23.7. The average molecular weight is 374 g/mol. The monoisotopic (exact) mass is 374 g/mol. The minimum absolute atomic E-state index is 0.0178. The van der Waals surface area contributed by atoms with Crippen LogP contribution in [0.25, 0.3) is 0 Å². The smallest absolute Gasteiger partial charge is 0.329 e. The fraction of sp³-hybridized carbons (Fsp3) is 0.667. The fourth-order valence-corrected chi connectivity index (χ4v) is 4.23. The van der Waals surface area contributed by atoms with Crippen molar-refractivity contribution < 1.29 is 23.1 Å². The number of nitrogens with zero attached hydrogens (tertiary/aromatic N) is 2. The molecule has 0 aliphatic carbocycles. The molecule has 142 valence electrons. The predicted octanol–water partition coefficient (Wildman–Crippen LogP) is 0.463. The van der Waals surface area contributed by atoms with E-state index in [0.717, 1.165) is 0 Å². The Bertz CT molecular complexity index is 771. The Hall–Kier alpha value is -1.94. The molecule has 0 bridgehead atoms. The maximum absolute atomic E-state index is 12.6. The van der Waals surface area contributed by atoms with E-state index in [0.29, 0.717) is 17.8 Å². The first-order valence-corrected chi connectivity index (χ1v) is 9.42. The Labute approximate surface area is 147 Å². The third kappa shape index (κ3) is 4.57. The van der Waals surface area contributed by atoms with E-state index < -0.39 is 33.5 Å². The zero-order valence-corrected chi connectivity index (χ0v) is 16.2. The highest BCUT2D eigenvalue weighted by Crippen LogP contribution is 2.19. The number of hydrogen-bond acceptors (Lipinski definition) is 5. The van der Waals surface area contributed by atoms with Crippen molar-refractivity contribution in [3.63, 3.8) is 0 Å². The summed E-state index contributed by atoms with van der Waals surface area (Å²) in [7, 11) is -2.35. The van der Waals surface area contributed by atoms with Crippen molar-refractivity contribution in [2.75, 3.05) is 0 Å². The Morgan fingerprint density at radius 3 is 2.32 bits per heavy atom. The highest BCUT2D eigenvalue weighted by atomic mass is 32.2. The summed E-state index contributed by atoms with van der Waals surface area (Å²) in [6.07, 6.45) is 0.783. The van der Waals surface area contributed by atoms with Gasteiger partial charge in [-0.1, -0.05) is 13.3 Å². The third-order valence-electron chi connectivity index (χ3n) is 4.06. The minimum atomic E-state index is -3.97. The maximum atomic E-state index is 12.6. The van der Waals surface area contributed by atoms with Crippen LogP contribution in [-0.2, 0) is 26.7 Å². The lowest BCUT2D eigenvalue weighted by atomic mass is 9.96. The van der Waals surface area contributed by atoms with Gasteiger partial charge in [0.2, 0.25) is 15.9 Å². The molecule has 0 aliphatic rings. The van der Waals surface area contributed by atoms with Crippen molar-refractivity contribution in [2.45, 2.75) is 63.9 Å². The first kappa shape index (κ1) is 21.1. The molecule has 1 amide bonds. The van der Waals surface area contributed by atoms with Crippen LogP contribution in [-0.4, -0.2) is 46.8 Å². The van der Waals surface area contributed by atoms with Gasteiger partial charge in [-0.3, -0.25) is 9.48 Å². The van der Waals surface area contributed by atoms with Crippen molar-refractivity contribution in [3.8, 4) is 0 Å². The van der Waals surface area contributed by atoms with Gasteiger partial charge < -0.3 is 10.4 Å². The first-order chi connectivity index (χ1) is 11.4. The molecule has 2 unspecified atom stereocenters. The van der Waals surface area contributed by atoms with Gasteiger partial charge in [0.25, 0.3) is 0 Å². The van der Waals surface area contributed by atoms with Crippen LogP contribution in [0.4, 0.5) is 0 Å². The van der Waals surface area contributed by atoms with E-state index in [2.05, 4.69) is 15.1 Å². The van der Waals surface area contributed by atoms with Gasteiger partial charge in [-0.2, -0.15) is 9.82 Å². The summed E-state index contributed by atoms with van der Waals surface area (Å²) >= 11 is 0. The molecule has 10 heteroatoms. The zero-order chi connectivity index (χ0) is 19.6. The van der Waals surface area contributed by atoms with Gasteiger partial charge in [-0.25, -0.2) is 13.2 Å². The molecule has 25 heavy (non-hydrogen) atoms. The average Bonchev–Trinajstić information content (AvgIpc) is 2.71. The summed E-state index contributed by atoms with van der Waals surface area (Å²) in [5.41, 5.74) is -0.688. The quantitative estimate of drug-likeness (QED) is 0.606. The number of carbonyl (C=O) groups is 2. The number of carboxylic acids is 1. The Morgan fingerprint density at radius 2 is 1.92 bits per heavy atom. The van der Waals surface area contributed by atoms with Gasteiger partial charge in [0, 0.05) is 7.05 Å². The van der Waals surface area contributed by atoms with Crippen LogP contribution in [0.1, 0.15) is 45.0 Å². The van der Waals surface area contributed by atoms with Crippen LogP contribution in [0.3, 0.4) is 0 Å². The molecule has 9 nitrogen and oxygen atoms in total. The number of carboxylic acid groups (broad SMARTS) is 1. The van der Waals surface area contributed by atoms with Crippen LogP contribution in [0.5, 0.6) is 0 Å². The highest BCUT2D eigenvalue weighted by Gasteiger charge is 2.36. The number of rotatable bonds is 8. The van der Waals surface area contributed by atoms with Gasteiger partial charge in [0.15, 0.2) is 0 Å². The molecule has 1 aromatic rings. The molecular formula is C15H26N4O5S. The number of aromatic nitrogens is 2. The Balaban J connectivity index is 2.99. The van der Waals surface area contributed by atoms with E-state index in [1.54, 1.807) is 27.8 Å². The SMILES string of the molecule is CCCC(C)(NC(=O)C(C)NS(=O)(=O)c1c(C)nn(C)c1C)C(=O)O. The van der Waals surface area contributed by atoms with E-state index >= 15 is 0 Å². The van der Waals surface area contributed by atoms with E-state index in [1.165, 1.54) is 18.5 Å². The predicted molar refractivity (Wildman–Crippen MR) is 91.6 cm³/mol. The molecule has 0 saturated heterocycles. The summed E-state index contributed by atoms with van der Waals surface area (Å²) in [5.74, 6) is -1.88. The molecule has 0 aliphatic heterocycles. The van der Waals surface area contributed by atoms with Gasteiger partial charge >= 0.3 is 5.97 Å². The lowest BCUT2D eigenvalue weighted by molar-refractivity contribution is -0.147. The van der Waals surface area contributed by atoms with Crippen LogP contribution in [0.15, 0.2) is 4.90 Å². The second kappa shape index (κ2) is 7.52. The largest absolute Gasteiger partial charge is 0.480 e. The number of hydrogen-bond donors (Lipinski definition) is 3. The van der Waals surface area contributed by atoms with Gasteiger partial charge in [-0.05, 0) is 34.1 Å². The molecule has 3 N–H and O–H groups in total. The van der Waals surface area contributed by atoms with Gasteiger partial charge in [-0.15, -0.1) is 0 Å². The number of aryl methyl sites for hydroxylation is 2. The number of nitrogens with one attached hydrogen (secondary N) is 2. The molecule has 1 aromatic heterocycles. The minimum Gasteiger partial charge on any atom is -0.480 e. The Kier molecular flexibility index (Phi) is 6.35. The first-order valence-electron chi connectivity index (χ1n) is 7.93. The van der Waals surface area contributed by atoms with Crippen LogP contribution in [0.2, 0.25) is 0 Å². The Morgan fingerprint density at radius 1 is 1.36 bits per heavy atom. The molecule has 0 spiro atoms. The van der Waals surface area contributed by atoms with E-state index in [1.807, 2.05) is 0 Å². The lowest BCUT2D eigenvalue weighted by Crippen LogP contribution is -2.57. The molecule has 2 atom stereocenters. The zero-order valence-electron chi connectivity index (χ0n) is 15.4. The molecule has 0 aromatic carbocycles. The van der Waals surface area contributed by atoms with Crippen molar-refractivity contribution in [1.29, 1.82) is 0 Å². The van der Waals surface area contributed by atoms with E-state index in [4.69, 9.17) is 0 Å². The highest BCUT2D eigenvalue weighted by molar-refractivity contribution is 7.89. The van der Waals surface area contributed by atoms with Crippen LogP contribution >= 0.6 is 0 Å². The van der Waals surface area contributed by atoms with Crippen molar-refractivity contribution >= 4 is 21.9 Å². The number of carbonyl (C=O) groups excluding carboxylic acids is 1.